The van der Waals surface area contributed by atoms with E-state index in [0.717, 1.165) is 30.7 Å². The van der Waals surface area contributed by atoms with Crippen molar-refractivity contribution in [1.29, 1.82) is 0 Å². The van der Waals surface area contributed by atoms with Gasteiger partial charge in [0.05, 0.1) is 5.54 Å². The van der Waals surface area contributed by atoms with Crippen LogP contribution in [0.5, 0.6) is 0 Å². The molecule has 2 nitrogen and oxygen atoms in total. The normalized spacial score (nSPS) is 14.3. The van der Waals surface area contributed by atoms with Gasteiger partial charge in [-0.25, -0.2) is 0 Å². The molecule has 194 valence electrons. The molecule has 7 rings (SSSR count). The molecule has 2 heterocycles. The van der Waals surface area contributed by atoms with E-state index in [1.54, 1.807) is 0 Å². The first-order valence-corrected chi connectivity index (χ1v) is 14.9. The Morgan fingerprint density at radius 1 is 0.487 bits per heavy atom. The number of nitrogens with one attached hydrogen (secondary N) is 1. The molecule has 4 heteroatoms. The molecule has 2 aliphatic heterocycles. The van der Waals surface area contributed by atoms with Crippen LogP contribution in [0.25, 0.3) is 0 Å². The van der Waals surface area contributed by atoms with Gasteiger partial charge >= 0.3 is 0 Å². The lowest BCUT2D eigenvalue weighted by Gasteiger charge is -2.43. The highest BCUT2D eigenvalue weighted by atomic mass is 79.9. The molecule has 0 saturated carbocycles. The second kappa shape index (κ2) is 11.6. The molecule has 0 radical (unpaired) electrons. The van der Waals surface area contributed by atoms with Crippen molar-refractivity contribution in [2.24, 2.45) is 0 Å². The molecule has 0 spiro atoms. The summed E-state index contributed by atoms with van der Waals surface area (Å²) >= 11 is 7.09. The summed E-state index contributed by atoms with van der Waals surface area (Å²) in [5.74, 6) is 0. The number of hydrogen-bond donors (Lipinski definition) is 1. The molecule has 1 N–H and O–H groups in total. The van der Waals surface area contributed by atoms with Crippen LogP contribution in [-0.2, 0) is 31.7 Å². The van der Waals surface area contributed by atoms with Crippen molar-refractivity contribution in [3.8, 4) is 0 Å². The Labute approximate surface area is 248 Å². The molecule has 0 bridgehead atoms. The van der Waals surface area contributed by atoms with E-state index < -0.39 is 0 Å². The molecule has 0 fully saturated rings. The van der Waals surface area contributed by atoms with Gasteiger partial charge in [0, 0.05) is 35.1 Å². The Balaban J connectivity index is 0.000000231. The lowest BCUT2D eigenvalue weighted by atomic mass is 9.75. The fourth-order valence-electron chi connectivity index (χ4n) is 5.95. The van der Waals surface area contributed by atoms with Gasteiger partial charge < -0.3 is 5.32 Å². The van der Waals surface area contributed by atoms with Crippen molar-refractivity contribution in [3.05, 3.63) is 175 Å². The number of hydrogen-bond acceptors (Lipinski definition) is 2. The third kappa shape index (κ3) is 5.27. The first-order valence-electron chi connectivity index (χ1n) is 13.3. The maximum atomic E-state index is 3.65. The number of nitrogens with zero attached hydrogens (tertiary/aromatic N) is 1. The van der Waals surface area contributed by atoms with E-state index in [9.17, 15) is 0 Å². The standard InChI is InChI=1S/C27H22BrN.C8H8BrN/c28-26-17-16-21-19-29(20-22(21)18-26)27(23-10-4-1-5-11-23,24-12-6-2-7-13-24)25-14-8-3-9-15-25;9-8-2-1-6-4-10-5-7(6)3-8/h1-18H,19-20H2;1-3,10H,4-5H2. The first-order chi connectivity index (χ1) is 19.1. The number of rotatable bonds is 4. The summed E-state index contributed by atoms with van der Waals surface area (Å²) in [5, 5.41) is 3.29. The molecule has 0 aliphatic carbocycles. The molecule has 0 unspecified atom stereocenters. The summed E-state index contributed by atoms with van der Waals surface area (Å²) in [4.78, 5) is 2.62. The average Bonchev–Trinajstić information content (AvgIpc) is 3.62. The van der Waals surface area contributed by atoms with Crippen LogP contribution >= 0.6 is 31.9 Å². The smallest absolute Gasteiger partial charge is 0.0978 e. The highest BCUT2D eigenvalue weighted by Gasteiger charge is 2.44. The van der Waals surface area contributed by atoms with Gasteiger partial charge in [0.2, 0.25) is 0 Å². The van der Waals surface area contributed by atoms with E-state index in [1.807, 2.05) is 0 Å². The lowest BCUT2D eigenvalue weighted by molar-refractivity contribution is 0.157. The summed E-state index contributed by atoms with van der Waals surface area (Å²) in [6, 6.07) is 45.9. The monoisotopic (exact) mass is 636 g/mol. The van der Waals surface area contributed by atoms with Crippen LogP contribution < -0.4 is 5.32 Å². The van der Waals surface area contributed by atoms with Crippen molar-refractivity contribution >= 4 is 31.9 Å². The number of benzene rings is 5. The molecule has 0 aromatic heterocycles. The van der Waals surface area contributed by atoms with Gasteiger partial charge in [-0.1, -0.05) is 135 Å². The van der Waals surface area contributed by atoms with Gasteiger partial charge in [-0.3, -0.25) is 4.90 Å². The van der Waals surface area contributed by atoms with Gasteiger partial charge in [0.1, 0.15) is 0 Å². The summed E-state index contributed by atoms with van der Waals surface area (Å²) in [6.45, 7) is 3.88. The van der Waals surface area contributed by atoms with Crippen molar-refractivity contribution in [2.45, 2.75) is 31.7 Å². The second-order valence-corrected chi connectivity index (χ2v) is 11.9. The van der Waals surface area contributed by atoms with Crippen LogP contribution in [0.2, 0.25) is 0 Å². The van der Waals surface area contributed by atoms with Gasteiger partial charge in [0.25, 0.3) is 0 Å². The predicted octanol–water partition coefficient (Wildman–Crippen LogP) is 8.81. The van der Waals surface area contributed by atoms with Crippen LogP contribution in [0.4, 0.5) is 0 Å². The number of halogens is 2. The number of fused-ring (bicyclic) bond motifs is 2. The van der Waals surface area contributed by atoms with Crippen LogP contribution in [0.1, 0.15) is 38.9 Å². The molecule has 0 amide bonds. The third-order valence-corrected chi connectivity index (χ3v) is 8.73. The predicted molar refractivity (Wildman–Crippen MR) is 167 cm³/mol. The van der Waals surface area contributed by atoms with E-state index in [-0.39, 0.29) is 5.54 Å². The maximum Gasteiger partial charge on any atom is 0.0978 e. The minimum atomic E-state index is -0.352. The SMILES string of the molecule is Brc1ccc2c(c1)CN(C(c1ccccc1)(c1ccccc1)c1ccccc1)C2.Brc1ccc2c(c1)CNC2. The average molecular weight is 638 g/mol. The van der Waals surface area contributed by atoms with Gasteiger partial charge in [0.15, 0.2) is 0 Å². The zero-order chi connectivity index (χ0) is 26.7. The van der Waals surface area contributed by atoms with E-state index in [1.165, 1.54) is 43.4 Å². The molecule has 5 aromatic carbocycles. The minimum absolute atomic E-state index is 0.352. The molecular formula is C35H30Br2N2. The fraction of sp³-hybridized carbons (Fsp3) is 0.143. The Morgan fingerprint density at radius 3 is 1.46 bits per heavy atom. The van der Waals surface area contributed by atoms with E-state index in [4.69, 9.17) is 0 Å². The van der Waals surface area contributed by atoms with E-state index in [0.29, 0.717) is 0 Å². The summed E-state index contributed by atoms with van der Waals surface area (Å²) in [5.41, 5.74) is 9.19. The molecule has 5 aromatic rings. The van der Waals surface area contributed by atoms with Crippen LogP contribution in [-0.4, -0.2) is 4.90 Å². The van der Waals surface area contributed by atoms with E-state index in [2.05, 4.69) is 169 Å². The molecule has 39 heavy (non-hydrogen) atoms. The molecule has 0 atom stereocenters. The Bertz CT molecular complexity index is 1460. The van der Waals surface area contributed by atoms with Crippen molar-refractivity contribution in [2.75, 3.05) is 0 Å². The maximum absolute atomic E-state index is 3.65. The quantitative estimate of drug-likeness (QED) is 0.198. The van der Waals surface area contributed by atoms with E-state index >= 15 is 0 Å². The van der Waals surface area contributed by atoms with Crippen molar-refractivity contribution in [3.63, 3.8) is 0 Å². The van der Waals surface area contributed by atoms with Gasteiger partial charge in [-0.2, -0.15) is 0 Å². The first kappa shape index (κ1) is 26.2. The second-order valence-electron chi connectivity index (χ2n) is 10.1. The molecule has 0 saturated heterocycles. The third-order valence-electron chi connectivity index (χ3n) is 7.74. The van der Waals surface area contributed by atoms with Gasteiger partial charge in [-0.15, -0.1) is 0 Å². The summed E-state index contributed by atoms with van der Waals surface area (Å²) in [6.07, 6.45) is 0. The Morgan fingerprint density at radius 2 is 0.923 bits per heavy atom. The van der Waals surface area contributed by atoms with Crippen LogP contribution in [0, 0.1) is 0 Å². The topological polar surface area (TPSA) is 15.3 Å². The van der Waals surface area contributed by atoms with Crippen molar-refractivity contribution in [1.82, 2.24) is 10.2 Å². The highest BCUT2D eigenvalue weighted by Crippen LogP contribution is 2.46. The Hall–Kier alpha value is -3.02. The highest BCUT2D eigenvalue weighted by molar-refractivity contribution is 9.10. The Kier molecular flexibility index (Phi) is 7.80. The zero-order valence-corrected chi connectivity index (χ0v) is 24.8. The molecular weight excluding hydrogens is 608 g/mol. The summed E-state index contributed by atoms with van der Waals surface area (Å²) in [7, 11) is 0. The van der Waals surface area contributed by atoms with Crippen molar-refractivity contribution < 1.29 is 0 Å². The van der Waals surface area contributed by atoms with Crippen LogP contribution in [0.15, 0.2) is 136 Å². The van der Waals surface area contributed by atoms with Gasteiger partial charge in [-0.05, 0) is 63.2 Å². The minimum Gasteiger partial charge on any atom is -0.309 e. The molecule has 2 aliphatic rings. The largest absolute Gasteiger partial charge is 0.309 e. The summed E-state index contributed by atoms with van der Waals surface area (Å²) < 4.78 is 2.32. The fourth-order valence-corrected chi connectivity index (χ4v) is 6.77. The lowest BCUT2D eigenvalue weighted by Crippen LogP contribution is -2.45. The van der Waals surface area contributed by atoms with Crippen LogP contribution in [0.3, 0.4) is 0 Å². The zero-order valence-electron chi connectivity index (χ0n) is 21.7.